The predicted octanol–water partition coefficient (Wildman–Crippen LogP) is 0.569. The molecule has 6 heteroatoms. The van der Waals surface area contributed by atoms with Crippen LogP contribution in [0, 0.1) is 0 Å². The van der Waals surface area contributed by atoms with Crippen LogP contribution in [-0.4, -0.2) is 43.8 Å². The molecule has 0 amide bonds. The van der Waals surface area contributed by atoms with E-state index in [9.17, 15) is 8.42 Å². The number of nitrogens with zero attached hydrogens (tertiary/aromatic N) is 2. The third kappa shape index (κ3) is 3.08. The summed E-state index contributed by atoms with van der Waals surface area (Å²) in [5.74, 6) is 0. The Labute approximate surface area is 108 Å². The van der Waals surface area contributed by atoms with E-state index in [4.69, 9.17) is 5.14 Å². The zero-order chi connectivity index (χ0) is 13.2. The lowest BCUT2D eigenvalue weighted by Gasteiger charge is -2.36. The first-order valence-electron chi connectivity index (χ1n) is 6.05. The maximum absolute atomic E-state index is 11.2. The molecule has 2 N–H and O–H groups in total. The van der Waals surface area contributed by atoms with Crippen molar-refractivity contribution in [2.75, 3.05) is 26.2 Å². The molecule has 1 heterocycles. The maximum Gasteiger partial charge on any atom is 0.276 e. The van der Waals surface area contributed by atoms with E-state index in [2.05, 4.69) is 24.0 Å². The van der Waals surface area contributed by atoms with Crippen molar-refractivity contribution in [2.24, 2.45) is 5.14 Å². The van der Waals surface area contributed by atoms with Crippen LogP contribution in [0.1, 0.15) is 18.5 Å². The molecule has 0 radical (unpaired) electrons. The molecule has 1 aliphatic rings. The Morgan fingerprint density at radius 3 is 2.17 bits per heavy atom. The van der Waals surface area contributed by atoms with Crippen LogP contribution in [0.4, 0.5) is 0 Å². The van der Waals surface area contributed by atoms with Gasteiger partial charge >= 0.3 is 0 Å². The number of piperazine rings is 1. The summed E-state index contributed by atoms with van der Waals surface area (Å²) in [6, 6.07) is 10.5. The summed E-state index contributed by atoms with van der Waals surface area (Å²) in [5, 5.41) is 5.12. The molecule has 0 aromatic heterocycles. The predicted molar refractivity (Wildman–Crippen MR) is 71.1 cm³/mol. The first kappa shape index (κ1) is 13.5. The van der Waals surface area contributed by atoms with E-state index in [1.165, 1.54) is 9.87 Å². The van der Waals surface area contributed by atoms with Crippen molar-refractivity contribution in [1.82, 2.24) is 9.21 Å². The van der Waals surface area contributed by atoms with Crippen LogP contribution in [-0.2, 0) is 10.2 Å². The molecule has 5 nitrogen and oxygen atoms in total. The number of hydrogen-bond acceptors (Lipinski definition) is 3. The summed E-state index contributed by atoms with van der Waals surface area (Å²) >= 11 is 0. The van der Waals surface area contributed by atoms with Gasteiger partial charge in [0.15, 0.2) is 0 Å². The molecule has 1 unspecified atom stereocenters. The third-order valence-electron chi connectivity index (χ3n) is 3.46. The lowest BCUT2D eigenvalue weighted by atomic mass is 10.1. The monoisotopic (exact) mass is 269 g/mol. The lowest BCUT2D eigenvalue weighted by molar-refractivity contribution is 0.146. The van der Waals surface area contributed by atoms with Crippen molar-refractivity contribution >= 4 is 10.2 Å². The third-order valence-corrected chi connectivity index (χ3v) is 4.55. The van der Waals surface area contributed by atoms with E-state index in [0.29, 0.717) is 32.2 Å². The highest BCUT2D eigenvalue weighted by molar-refractivity contribution is 7.86. The van der Waals surface area contributed by atoms with Crippen molar-refractivity contribution in [3.63, 3.8) is 0 Å². The molecule has 1 saturated heterocycles. The van der Waals surface area contributed by atoms with Gasteiger partial charge in [-0.05, 0) is 12.5 Å². The van der Waals surface area contributed by atoms with Gasteiger partial charge in [-0.25, -0.2) is 5.14 Å². The van der Waals surface area contributed by atoms with Gasteiger partial charge in [-0.2, -0.15) is 12.7 Å². The molecule has 1 aromatic rings. The van der Waals surface area contributed by atoms with Crippen LogP contribution in [0.25, 0.3) is 0 Å². The van der Waals surface area contributed by atoms with Crippen LogP contribution < -0.4 is 5.14 Å². The van der Waals surface area contributed by atoms with Crippen molar-refractivity contribution in [2.45, 2.75) is 13.0 Å². The molecule has 1 aliphatic heterocycles. The van der Waals surface area contributed by atoms with Gasteiger partial charge in [0.25, 0.3) is 10.2 Å². The average Bonchev–Trinajstić information content (AvgIpc) is 2.38. The van der Waals surface area contributed by atoms with E-state index < -0.39 is 10.2 Å². The Hall–Kier alpha value is -0.950. The van der Waals surface area contributed by atoms with E-state index >= 15 is 0 Å². The summed E-state index contributed by atoms with van der Waals surface area (Å²) in [4.78, 5) is 2.27. The standard InChI is InChI=1S/C12H19N3O2S/c1-11(12-5-3-2-4-6-12)14-7-9-15(10-8-14)18(13,16)17/h2-6,11H,7-10H2,1H3,(H2,13,16,17). The molecule has 0 bridgehead atoms. The van der Waals surface area contributed by atoms with Crippen molar-refractivity contribution in [3.05, 3.63) is 35.9 Å². The van der Waals surface area contributed by atoms with Crippen molar-refractivity contribution in [3.8, 4) is 0 Å². The van der Waals surface area contributed by atoms with Gasteiger partial charge in [-0.1, -0.05) is 30.3 Å². The van der Waals surface area contributed by atoms with Crippen LogP contribution in [0.15, 0.2) is 30.3 Å². The summed E-state index contributed by atoms with van der Waals surface area (Å²) < 4.78 is 23.8. The topological polar surface area (TPSA) is 66.6 Å². The van der Waals surface area contributed by atoms with Crippen LogP contribution in [0.3, 0.4) is 0 Å². The summed E-state index contributed by atoms with van der Waals surface area (Å²) in [6.45, 7) is 4.51. The fourth-order valence-electron chi connectivity index (χ4n) is 2.29. The molecule has 0 aliphatic carbocycles. The van der Waals surface area contributed by atoms with Gasteiger partial charge in [0.2, 0.25) is 0 Å². The van der Waals surface area contributed by atoms with Crippen molar-refractivity contribution in [1.29, 1.82) is 0 Å². The van der Waals surface area contributed by atoms with Gasteiger partial charge in [0.1, 0.15) is 0 Å². The highest BCUT2D eigenvalue weighted by atomic mass is 32.2. The molecule has 1 fully saturated rings. The smallest absolute Gasteiger partial charge is 0.276 e. The minimum absolute atomic E-state index is 0.300. The lowest BCUT2D eigenvalue weighted by Crippen LogP contribution is -2.51. The molecule has 1 aromatic carbocycles. The van der Waals surface area contributed by atoms with E-state index in [1.54, 1.807) is 0 Å². The Balaban J connectivity index is 1.98. The van der Waals surface area contributed by atoms with E-state index in [-0.39, 0.29) is 0 Å². The SMILES string of the molecule is CC(c1ccccc1)N1CCN(S(N)(=O)=O)CC1. The Morgan fingerprint density at radius 2 is 1.67 bits per heavy atom. The molecular formula is C12H19N3O2S. The minimum Gasteiger partial charge on any atom is -0.294 e. The molecule has 2 rings (SSSR count). The molecule has 18 heavy (non-hydrogen) atoms. The average molecular weight is 269 g/mol. The Bertz CT molecular complexity index is 481. The molecule has 1 atom stereocenters. The fourth-order valence-corrected chi connectivity index (χ4v) is 2.96. The van der Waals surface area contributed by atoms with Crippen LogP contribution in [0.5, 0.6) is 0 Å². The Morgan fingerprint density at radius 1 is 1.11 bits per heavy atom. The number of nitrogens with two attached hydrogens (primary N) is 1. The summed E-state index contributed by atoms with van der Waals surface area (Å²) in [7, 11) is -3.53. The second-order valence-corrected chi connectivity index (χ2v) is 6.11. The molecular weight excluding hydrogens is 250 g/mol. The van der Waals surface area contributed by atoms with Gasteiger partial charge in [-0.3, -0.25) is 4.90 Å². The minimum atomic E-state index is -3.53. The molecule has 100 valence electrons. The van der Waals surface area contributed by atoms with Crippen LogP contribution in [0.2, 0.25) is 0 Å². The first-order valence-corrected chi connectivity index (χ1v) is 7.55. The quantitative estimate of drug-likeness (QED) is 0.872. The van der Waals surface area contributed by atoms with E-state index in [0.717, 1.165) is 0 Å². The van der Waals surface area contributed by atoms with E-state index in [1.807, 2.05) is 18.2 Å². The Kier molecular flexibility index (Phi) is 4.01. The second-order valence-electron chi connectivity index (χ2n) is 4.57. The number of hydrogen-bond donors (Lipinski definition) is 1. The molecule has 0 saturated carbocycles. The normalized spacial score (nSPS) is 20.8. The summed E-state index contributed by atoms with van der Waals surface area (Å²) in [5.41, 5.74) is 1.25. The zero-order valence-corrected chi connectivity index (χ0v) is 11.3. The largest absolute Gasteiger partial charge is 0.294 e. The van der Waals surface area contributed by atoms with Gasteiger partial charge < -0.3 is 0 Å². The van der Waals surface area contributed by atoms with Gasteiger partial charge in [-0.15, -0.1) is 0 Å². The van der Waals surface area contributed by atoms with Gasteiger partial charge in [0, 0.05) is 32.2 Å². The number of rotatable bonds is 3. The summed E-state index contributed by atoms with van der Waals surface area (Å²) in [6.07, 6.45) is 0. The fraction of sp³-hybridized carbons (Fsp3) is 0.500. The second kappa shape index (κ2) is 5.36. The van der Waals surface area contributed by atoms with Gasteiger partial charge in [0.05, 0.1) is 0 Å². The number of benzene rings is 1. The highest BCUT2D eigenvalue weighted by Gasteiger charge is 2.26. The molecule has 0 spiro atoms. The first-order chi connectivity index (χ1) is 8.48. The highest BCUT2D eigenvalue weighted by Crippen LogP contribution is 2.21. The zero-order valence-electron chi connectivity index (χ0n) is 10.5. The maximum atomic E-state index is 11.2. The van der Waals surface area contributed by atoms with Crippen LogP contribution >= 0.6 is 0 Å². The van der Waals surface area contributed by atoms with Crippen molar-refractivity contribution < 1.29 is 8.42 Å².